The highest BCUT2D eigenvalue weighted by molar-refractivity contribution is 6.30. The fraction of sp³-hybridized carbons (Fsp3) is 0.0556. The number of rotatable bonds is 3. The predicted molar refractivity (Wildman–Crippen MR) is 98.6 cm³/mol. The third-order valence-corrected chi connectivity index (χ3v) is 3.82. The van der Waals surface area contributed by atoms with Crippen molar-refractivity contribution in [1.82, 2.24) is 9.55 Å². The molecule has 8 heteroatoms. The van der Waals surface area contributed by atoms with Gasteiger partial charge in [-0.05, 0) is 42.8 Å². The molecule has 0 aliphatic heterocycles. The summed E-state index contributed by atoms with van der Waals surface area (Å²) in [5.74, 6) is -0.610. The summed E-state index contributed by atoms with van der Waals surface area (Å²) in [4.78, 5) is 28.5. The molecule has 0 bridgehead atoms. The van der Waals surface area contributed by atoms with E-state index in [1.165, 1.54) is 29.1 Å². The molecule has 2 amide bonds. The van der Waals surface area contributed by atoms with Crippen LogP contribution in [0.5, 0.6) is 0 Å². The van der Waals surface area contributed by atoms with Crippen LogP contribution in [0.3, 0.4) is 0 Å². The Balaban J connectivity index is 1.81. The Morgan fingerprint density at radius 3 is 2.73 bits per heavy atom. The Hall–Kier alpha value is -3.19. The molecule has 132 valence electrons. The van der Waals surface area contributed by atoms with Gasteiger partial charge in [0.25, 0.3) is 5.56 Å². The lowest BCUT2D eigenvalue weighted by molar-refractivity contribution is 0.262. The number of aryl methyl sites for hydroxylation is 1. The van der Waals surface area contributed by atoms with E-state index in [9.17, 15) is 14.0 Å². The number of hydrogen-bond donors (Lipinski definition) is 2. The first-order valence-corrected chi connectivity index (χ1v) is 7.99. The highest BCUT2D eigenvalue weighted by Crippen LogP contribution is 2.15. The molecule has 2 N–H and O–H groups in total. The van der Waals surface area contributed by atoms with Gasteiger partial charge in [-0.3, -0.25) is 14.7 Å². The third-order valence-electron chi connectivity index (χ3n) is 3.59. The van der Waals surface area contributed by atoms with Crippen LogP contribution in [0.1, 0.15) is 5.56 Å². The second-order valence-corrected chi connectivity index (χ2v) is 5.91. The molecular formula is C18H14ClFN4O2. The first kappa shape index (κ1) is 17.6. The maximum absolute atomic E-state index is 13.5. The summed E-state index contributed by atoms with van der Waals surface area (Å²) in [6, 6.07) is 10.3. The zero-order chi connectivity index (χ0) is 18.7. The van der Waals surface area contributed by atoms with Crippen molar-refractivity contribution in [3.63, 3.8) is 0 Å². The molecule has 26 heavy (non-hydrogen) atoms. The second kappa shape index (κ2) is 7.37. The molecule has 1 heterocycles. The van der Waals surface area contributed by atoms with Gasteiger partial charge in [0.2, 0.25) is 5.82 Å². The first-order valence-electron chi connectivity index (χ1n) is 7.62. The molecule has 0 aliphatic carbocycles. The van der Waals surface area contributed by atoms with E-state index in [-0.39, 0.29) is 11.5 Å². The number of nitrogens with one attached hydrogen (secondary N) is 2. The summed E-state index contributed by atoms with van der Waals surface area (Å²) in [5, 5.41) is 5.29. The molecule has 6 nitrogen and oxygen atoms in total. The highest BCUT2D eigenvalue weighted by Gasteiger charge is 2.11. The Kier molecular flexibility index (Phi) is 4.99. The van der Waals surface area contributed by atoms with Crippen molar-refractivity contribution in [2.24, 2.45) is 0 Å². The molecule has 3 aromatic rings. The molecule has 1 aromatic heterocycles. The maximum atomic E-state index is 13.5. The van der Waals surface area contributed by atoms with Gasteiger partial charge in [0, 0.05) is 23.1 Å². The number of urea groups is 1. The number of aromatic nitrogens is 2. The molecular weight excluding hydrogens is 359 g/mol. The van der Waals surface area contributed by atoms with Gasteiger partial charge in [0.05, 0.1) is 5.69 Å². The van der Waals surface area contributed by atoms with E-state index in [1.807, 2.05) is 0 Å². The van der Waals surface area contributed by atoms with Crippen LogP contribution in [-0.2, 0) is 0 Å². The number of hydrogen-bond acceptors (Lipinski definition) is 3. The fourth-order valence-electron chi connectivity index (χ4n) is 2.27. The number of halogens is 2. The van der Waals surface area contributed by atoms with E-state index in [0.29, 0.717) is 16.3 Å². The number of anilines is 2. The predicted octanol–water partition coefficient (Wildman–Crippen LogP) is 3.98. The van der Waals surface area contributed by atoms with Crippen LogP contribution in [0.4, 0.5) is 20.7 Å². The Morgan fingerprint density at radius 1 is 1.19 bits per heavy atom. The van der Waals surface area contributed by atoms with Gasteiger partial charge in [-0.25, -0.2) is 14.2 Å². The molecule has 0 atom stereocenters. The number of nitrogens with zero attached hydrogens (tertiary/aromatic N) is 2. The molecule has 2 aromatic carbocycles. The van der Waals surface area contributed by atoms with Gasteiger partial charge >= 0.3 is 6.03 Å². The van der Waals surface area contributed by atoms with Gasteiger partial charge < -0.3 is 5.32 Å². The van der Waals surface area contributed by atoms with Gasteiger partial charge in [0.1, 0.15) is 5.82 Å². The number of carbonyl (C=O) groups is 1. The molecule has 0 unspecified atom stereocenters. The average Bonchev–Trinajstić information content (AvgIpc) is 2.60. The smallest absolute Gasteiger partial charge is 0.308 e. The summed E-state index contributed by atoms with van der Waals surface area (Å²) in [5.41, 5.74) is 0.732. The van der Waals surface area contributed by atoms with Gasteiger partial charge in [-0.1, -0.05) is 23.7 Å². The van der Waals surface area contributed by atoms with Crippen LogP contribution in [-0.4, -0.2) is 15.6 Å². The third kappa shape index (κ3) is 3.89. The van der Waals surface area contributed by atoms with Crippen LogP contribution >= 0.6 is 11.6 Å². The molecule has 0 radical (unpaired) electrons. The summed E-state index contributed by atoms with van der Waals surface area (Å²) < 4.78 is 14.9. The first-order chi connectivity index (χ1) is 12.4. The van der Waals surface area contributed by atoms with E-state index in [1.54, 1.807) is 37.3 Å². The molecule has 0 fully saturated rings. The zero-order valence-electron chi connectivity index (χ0n) is 13.7. The van der Waals surface area contributed by atoms with Gasteiger partial charge in [0.15, 0.2) is 0 Å². The molecule has 0 saturated heterocycles. The second-order valence-electron chi connectivity index (χ2n) is 5.47. The maximum Gasteiger partial charge on any atom is 0.325 e. The van der Waals surface area contributed by atoms with E-state index in [0.717, 1.165) is 0 Å². The summed E-state index contributed by atoms with van der Waals surface area (Å²) in [6.07, 6.45) is 2.84. The Morgan fingerprint density at radius 2 is 2.00 bits per heavy atom. The lowest BCUT2D eigenvalue weighted by Crippen LogP contribution is -2.28. The topological polar surface area (TPSA) is 76.0 Å². The van der Waals surface area contributed by atoms with E-state index in [2.05, 4.69) is 15.6 Å². The largest absolute Gasteiger partial charge is 0.325 e. The molecule has 0 aliphatic rings. The molecule has 3 rings (SSSR count). The van der Waals surface area contributed by atoms with Crippen molar-refractivity contribution in [2.45, 2.75) is 6.92 Å². The number of amides is 2. The number of benzene rings is 2. The van der Waals surface area contributed by atoms with Crippen molar-refractivity contribution in [1.29, 1.82) is 0 Å². The SMILES string of the molecule is Cc1ccc(NC(=O)Nc2nccn(-c3cccc(Cl)c3)c2=O)cc1F. The van der Waals surface area contributed by atoms with Crippen molar-refractivity contribution in [2.75, 3.05) is 10.6 Å². The van der Waals surface area contributed by atoms with Gasteiger partial charge in [-0.2, -0.15) is 0 Å². The summed E-state index contributed by atoms with van der Waals surface area (Å²) in [6.45, 7) is 1.62. The van der Waals surface area contributed by atoms with E-state index in [4.69, 9.17) is 11.6 Å². The lowest BCUT2D eigenvalue weighted by Gasteiger charge is -2.10. The number of carbonyl (C=O) groups excluding carboxylic acids is 1. The van der Waals surface area contributed by atoms with Crippen LogP contribution in [0.2, 0.25) is 5.02 Å². The molecule has 0 saturated carbocycles. The summed E-state index contributed by atoms with van der Waals surface area (Å²) in [7, 11) is 0. The zero-order valence-corrected chi connectivity index (χ0v) is 14.4. The highest BCUT2D eigenvalue weighted by atomic mass is 35.5. The fourth-order valence-corrected chi connectivity index (χ4v) is 2.45. The van der Waals surface area contributed by atoms with E-state index >= 15 is 0 Å². The minimum atomic E-state index is -0.707. The normalized spacial score (nSPS) is 10.4. The Bertz CT molecular complexity index is 1040. The van der Waals surface area contributed by atoms with Crippen LogP contribution < -0.4 is 16.2 Å². The molecule has 0 spiro atoms. The lowest BCUT2D eigenvalue weighted by atomic mass is 10.2. The van der Waals surface area contributed by atoms with Crippen LogP contribution in [0.25, 0.3) is 5.69 Å². The average molecular weight is 373 g/mol. The summed E-state index contributed by atoms with van der Waals surface area (Å²) >= 11 is 5.94. The van der Waals surface area contributed by atoms with Crippen molar-refractivity contribution >= 4 is 29.1 Å². The van der Waals surface area contributed by atoms with Crippen LogP contribution in [0.15, 0.2) is 59.7 Å². The minimum Gasteiger partial charge on any atom is -0.308 e. The van der Waals surface area contributed by atoms with Crippen molar-refractivity contribution in [3.05, 3.63) is 81.6 Å². The van der Waals surface area contributed by atoms with Crippen LogP contribution in [0, 0.1) is 12.7 Å². The standard InChI is InChI=1S/C18H14ClFN4O2/c1-11-5-6-13(10-15(11)20)22-18(26)23-16-17(25)24(8-7-21-16)14-4-2-3-12(19)9-14/h2-10H,1H3,(H2,21,22,23,26). The van der Waals surface area contributed by atoms with Crippen molar-refractivity contribution in [3.8, 4) is 5.69 Å². The quantitative estimate of drug-likeness (QED) is 0.730. The monoisotopic (exact) mass is 372 g/mol. The van der Waals surface area contributed by atoms with Gasteiger partial charge in [-0.15, -0.1) is 0 Å². The van der Waals surface area contributed by atoms with Crippen molar-refractivity contribution < 1.29 is 9.18 Å². The van der Waals surface area contributed by atoms with E-state index < -0.39 is 17.4 Å². The Labute approximate surface area is 153 Å². The minimum absolute atomic E-state index is 0.169.